The first kappa shape index (κ1) is 21.1. The van der Waals surface area contributed by atoms with Gasteiger partial charge in [0.1, 0.15) is 0 Å². The second kappa shape index (κ2) is 9.15. The summed E-state index contributed by atoms with van der Waals surface area (Å²) in [5.41, 5.74) is 4.11. The molecule has 1 amide bonds. The average molecular weight is 389 g/mol. The Morgan fingerprint density at radius 3 is 2.26 bits per heavy atom. The van der Waals surface area contributed by atoms with Gasteiger partial charge >= 0.3 is 0 Å². The number of nitrogens with one attached hydrogen (secondary N) is 1. The first-order valence-corrected chi connectivity index (χ1v) is 10.9. The lowest BCUT2D eigenvalue weighted by Gasteiger charge is -2.23. The van der Waals surface area contributed by atoms with Crippen molar-refractivity contribution in [2.24, 2.45) is 0 Å². The van der Waals surface area contributed by atoms with Gasteiger partial charge in [0.05, 0.1) is 18.8 Å². The first-order chi connectivity index (χ1) is 12.7. The van der Waals surface area contributed by atoms with Crippen molar-refractivity contribution in [1.29, 1.82) is 0 Å². The van der Waals surface area contributed by atoms with Crippen LogP contribution in [0.15, 0.2) is 48.5 Å². The van der Waals surface area contributed by atoms with Gasteiger partial charge in [-0.05, 0) is 37.0 Å². The molecule has 6 heteroatoms. The Labute approximate surface area is 162 Å². The molecular formula is C21H28N2O3S. The van der Waals surface area contributed by atoms with Crippen LogP contribution in [0.2, 0.25) is 0 Å². The molecule has 27 heavy (non-hydrogen) atoms. The maximum absolute atomic E-state index is 12.6. The number of benzene rings is 2. The van der Waals surface area contributed by atoms with Gasteiger partial charge in [-0.2, -0.15) is 4.31 Å². The zero-order valence-corrected chi connectivity index (χ0v) is 17.2. The van der Waals surface area contributed by atoms with Crippen molar-refractivity contribution >= 4 is 15.9 Å². The van der Waals surface area contributed by atoms with Crippen LogP contribution >= 0.6 is 0 Å². The molecule has 0 aliphatic rings. The lowest BCUT2D eigenvalue weighted by Crippen LogP contribution is -2.41. The van der Waals surface area contributed by atoms with Crippen molar-refractivity contribution in [1.82, 2.24) is 9.62 Å². The van der Waals surface area contributed by atoms with Crippen LogP contribution in [-0.4, -0.2) is 31.4 Å². The van der Waals surface area contributed by atoms with Gasteiger partial charge in [0, 0.05) is 6.54 Å². The van der Waals surface area contributed by atoms with E-state index < -0.39 is 10.0 Å². The third kappa shape index (κ3) is 6.19. The fourth-order valence-corrected chi connectivity index (χ4v) is 3.70. The lowest BCUT2D eigenvalue weighted by molar-refractivity contribution is -0.122. The van der Waals surface area contributed by atoms with Gasteiger partial charge in [-0.1, -0.05) is 61.0 Å². The first-order valence-electron chi connectivity index (χ1n) is 9.06. The highest BCUT2D eigenvalue weighted by Gasteiger charge is 2.22. The molecular weight excluding hydrogens is 360 g/mol. The van der Waals surface area contributed by atoms with Crippen LogP contribution in [0.1, 0.15) is 41.6 Å². The van der Waals surface area contributed by atoms with Gasteiger partial charge in [0.2, 0.25) is 15.9 Å². The summed E-state index contributed by atoms with van der Waals surface area (Å²) in [6.07, 6.45) is 1.86. The largest absolute Gasteiger partial charge is 0.348 e. The summed E-state index contributed by atoms with van der Waals surface area (Å²) < 4.78 is 25.5. The molecule has 0 unspecified atom stereocenters. The highest BCUT2D eigenvalue weighted by Crippen LogP contribution is 2.20. The van der Waals surface area contributed by atoms with Crippen LogP contribution < -0.4 is 5.32 Å². The van der Waals surface area contributed by atoms with E-state index >= 15 is 0 Å². The number of amides is 1. The number of carbonyl (C=O) groups excluding carboxylic acids is 1. The maximum Gasteiger partial charge on any atom is 0.235 e. The minimum absolute atomic E-state index is 0.139. The molecule has 0 spiro atoms. The summed E-state index contributed by atoms with van der Waals surface area (Å²) >= 11 is 0. The molecule has 0 aromatic heterocycles. The molecule has 2 aromatic rings. The van der Waals surface area contributed by atoms with Crippen molar-refractivity contribution in [2.45, 2.75) is 39.8 Å². The van der Waals surface area contributed by atoms with Gasteiger partial charge < -0.3 is 5.32 Å². The van der Waals surface area contributed by atoms with E-state index in [9.17, 15) is 13.2 Å². The summed E-state index contributed by atoms with van der Waals surface area (Å²) in [6, 6.07) is 15.4. The van der Waals surface area contributed by atoms with E-state index in [1.807, 2.05) is 69.3 Å². The minimum atomic E-state index is -3.51. The van der Waals surface area contributed by atoms with Crippen molar-refractivity contribution < 1.29 is 13.2 Å². The molecule has 0 radical (unpaired) electrons. The van der Waals surface area contributed by atoms with Crippen LogP contribution in [0.25, 0.3) is 0 Å². The summed E-state index contributed by atoms with van der Waals surface area (Å²) in [5, 5.41) is 2.98. The number of nitrogens with zero attached hydrogens (tertiary/aromatic N) is 1. The van der Waals surface area contributed by atoms with E-state index in [4.69, 9.17) is 0 Å². The topological polar surface area (TPSA) is 66.5 Å². The van der Waals surface area contributed by atoms with Crippen molar-refractivity contribution in [2.75, 3.05) is 12.8 Å². The molecule has 0 heterocycles. The molecule has 5 nitrogen and oxygen atoms in total. The third-order valence-corrected chi connectivity index (χ3v) is 5.77. The predicted molar refractivity (Wildman–Crippen MR) is 109 cm³/mol. The van der Waals surface area contributed by atoms with Gasteiger partial charge in [0.25, 0.3) is 0 Å². The molecule has 146 valence electrons. The van der Waals surface area contributed by atoms with E-state index in [1.54, 1.807) is 0 Å². The number of carbonyl (C=O) groups is 1. The summed E-state index contributed by atoms with van der Waals surface area (Å²) in [7, 11) is -3.51. The fourth-order valence-electron chi connectivity index (χ4n) is 2.97. The van der Waals surface area contributed by atoms with Crippen molar-refractivity contribution in [3.8, 4) is 0 Å². The second-order valence-corrected chi connectivity index (χ2v) is 8.88. The standard InChI is InChI=1S/C21H28N2O3S/c1-5-20(19-9-7-6-8-17(19)3)22-21(24)15-23(27(4,25)26)14-18-12-10-16(2)11-13-18/h6-13,20H,5,14-15H2,1-4H3,(H,22,24)/t20-/m1/s1. The highest BCUT2D eigenvalue weighted by atomic mass is 32.2. The van der Waals surface area contributed by atoms with Crippen molar-refractivity contribution in [3.05, 3.63) is 70.8 Å². The Morgan fingerprint density at radius 1 is 1.07 bits per heavy atom. The number of aryl methyl sites for hydroxylation is 2. The molecule has 0 aliphatic heterocycles. The number of hydrogen-bond acceptors (Lipinski definition) is 3. The maximum atomic E-state index is 12.6. The Bertz CT molecular complexity index is 877. The summed E-state index contributed by atoms with van der Waals surface area (Å²) in [5.74, 6) is -0.303. The summed E-state index contributed by atoms with van der Waals surface area (Å²) in [6.45, 7) is 5.95. The normalized spacial score (nSPS) is 12.8. The van der Waals surface area contributed by atoms with E-state index in [2.05, 4.69) is 5.32 Å². The zero-order valence-electron chi connectivity index (χ0n) is 16.4. The molecule has 2 aromatic carbocycles. The molecule has 0 saturated carbocycles. The molecule has 0 saturated heterocycles. The van der Waals surface area contributed by atoms with Crippen LogP contribution in [0.4, 0.5) is 0 Å². The highest BCUT2D eigenvalue weighted by molar-refractivity contribution is 7.88. The van der Waals surface area contributed by atoms with E-state index in [1.165, 1.54) is 4.31 Å². The quantitative estimate of drug-likeness (QED) is 0.754. The molecule has 0 bridgehead atoms. The number of hydrogen-bond donors (Lipinski definition) is 1. The van der Waals surface area contributed by atoms with Gasteiger partial charge in [-0.25, -0.2) is 8.42 Å². The third-order valence-electron chi connectivity index (χ3n) is 4.58. The van der Waals surface area contributed by atoms with Crippen LogP contribution in [-0.2, 0) is 21.4 Å². The molecule has 0 aliphatic carbocycles. The molecule has 2 rings (SSSR count). The van der Waals surface area contributed by atoms with E-state index in [0.29, 0.717) is 0 Å². The molecule has 1 N–H and O–H groups in total. The minimum Gasteiger partial charge on any atom is -0.348 e. The second-order valence-electron chi connectivity index (χ2n) is 6.90. The van der Waals surface area contributed by atoms with Gasteiger partial charge in [0.15, 0.2) is 0 Å². The Balaban J connectivity index is 2.11. The van der Waals surface area contributed by atoms with E-state index in [-0.39, 0.29) is 25.0 Å². The lowest BCUT2D eigenvalue weighted by atomic mass is 9.99. The predicted octanol–water partition coefficient (Wildman–Crippen LogP) is 3.33. The van der Waals surface area contributed by atoms with Crippen molar-refractivity contribution in [3.63, 3.8) is 0 Å². The van der Waals surface area contributed by atoms with Crippen LogP contribution in [0.5, 0.6) is 0 Å². The summed E-state index contributed by atoms with van der Waals surface area (Å²) in [4.78, 5) is 12.6. The van der Waals surface area contributed by atoms with Gasteiger partial charge in [-0.3, -0.25) is 4.79 Å². The van der Waals surface area contributed by atoms with E-state index in [0.717, 1.165) is 34.9 Å². The monoisotopic (exact) mass is 388 g/mol. The molecule has 1 atom stereocenters. The van der Waals surface area contributed by atoms with Gasteiger partial charge in [-0.15, -0.1) is 0 Å². The number of sulfonamides is 1. The SMILES string of the molecule is CC[C@@H](NC(=O)CN(Cc1ccc(C)cc1)S(C)(=O)=O)c1ccccc1C. The number of rotatable bonds is 8. The smallest absolute Gasteiger partial charge is 0.235 e. The van der Waals surface area contributed by atoms with Crippen LogP contribution in [0.3, 0.4) is 0 Å². The Hall–Kier alpha value is -2.18. The fraction of sp³-hybridized carbons (Fsp3) is 0.381. The zero-order chi connectivity index (χ0) is 20.0. The average Bonchev–Trinajstić information content (AvgIpc) is 2.61. The van der Waals surface area contributed by atoms with Crippen LogP contribution in [0, 0.1) is 13.8 Å². The molecule has 0 fully saturated rings. The Morgan fingerprint density at radius 2 is 1.70 bits per heavy atom. The Kier molecular flexibility index (Phi) is 7.16.